The molecule has 0 saturated carbocycles. The van der Waals surface area contributed by atoms with Gasteiger partial charge in [-0.25, -0.2) is 0 Å². The van der Waals surface area contributed by atoms with Gasteiger partial charge in [-0.05, 0) is 31.5 Å². The first kappa shape index (κ1) is 11.8. The molecule has 17 heavy (non-hydrogen) atoms. The van der Waals surface area contributed by atoms with Crippen LogP contribution in [0.5, 0.6) is 0 Å². The lowest BCUT2D eigenvalue weighted by Crippen LogP contribution is -2.19. The Morgan fingerprint density at radius 3 is 2.76 bits per heavy atom. The monoisotopic (exact) mass is 226 g/mol. The summed E-state index contributed by atoms with van der Waals surface area (Å²) in [4.78, 5) is 2.23. The molecule has 2 heteroatoms. The molecule has 0 N–H and O–H groups in total. The highest BCUT2D eigenvalue weighted by Crippen LogP contribution is 2.18. The second-order valence-electron chi connectivity index (χ2n) is 4.35. The summed E-state index contributed by atoms with van der Waals surface area (Å²) >= 11 is 0. The smallest absolute Gasteiger partial charge is 0.0602 e. The highest BCUT2D eigenvalue weighted by molar-refractivity contribution is 5.81. The van der Waals surface area contributed by atoms with Gasteiger partial charge < -0.3 is 4.57 Å². The quantitative estimate of drug-likeness (QED) is 0.730. The third-order valence-corrected chi connectivity index (χ3v) is 3.01. The van der Waals surface area contributed by atoms with Crippen molar-refractivity contribution in [1.82, 2.24) is 9.47 Å². The van der Waals surface area contributed by atoms with Crippen molar-refractivity contribution in [3.05, 3.63) is 36.0 Å². The molecular formula is C15H18N2. The maximum absolute atomic E-state index is 3.09. The minimum absolute atomic E-state index is 0.817. The van der Waals surface area contributed by atoms with Crippen molar-refractivity contribution in [3.63, 3.8) is 0 Å². The third kappa shape index (κ3) is 2.51. The largest absolute Gasteiger partial charge is 0.346 e. The van der Waals surface area contributed by atoms with E-state index in [4.69, 9.17) is 0 Å². The highest BCUT2D eigenvalue weighted by atomic mass is 15.1. The summed E-state index contributed by atoms with van der Waals surface area (Å²) in [5, 5.41) is 1.31. The molecule has 0 amide bonds. The summed E-state index contributed by atoms with van der Waals surface area (Å²) in [6, 6.07) is 10.7. The van der Waals surface area contributed by atoms with Crippen molar-refractivity contribution < 1.29 is 0 Å². The maximum atomic E-state index is 3.09. The predicted molar refractivity (Wildman–Crippen MR) is 72.7 cm³/mol. The molecule has 0 unspecified atom stereocenters. The molecule has 0 aliphatic rings. The summed E-state index contributed by atoms with van der Waals surface area (Å²) in [7, 11) is 4.22. The number of aromatic nitrogens is 1. The number of benzene rings is 1. The third-order valence-electron chi connectivity index (χ3n) is 3.01. The molecule has 0 spiro atoms. The molecule has 0 radical (unpaired) electrons. The van der Waals surface area contributed by atoms with Crippen molar-refractivity contribution in [2.24, 2.45) is 7.05 Å². The van der Waals surface area contributed by atoms with Gasteiger partial charge in [0.15, 0.2) is 0 Å². The lowest BCUT2D eigenvalue weighted by molar-refractivity contribution is 0.360. The molecule has 0 fully saturated rings. The van der Waals surface area contributed by atoms with Crippen molar-refractivity contribution >= 4 is 10.9 Å². The van der Waals surface area contributed by atoms with E-state index >= 15 is 0 Å². The summed E-state index contributed by atoms with van der Waals surface area (Å²) in [5.74, 6) is 6.02. The number of para-hydroxylation sites is 1. The Morgan fingerprint density at radius 1 is 1.29 bits per heavy atom. The average Bonchev–Trinajstić information content (AvgIpc) is 2.64. The van der Waals surface area contributed by atoms with Crippen molar-refractivity contribution in [3.8, 4) is 11.8 Å². The van der Waals surface area contributed by atoms with Crippen LogP contribution in [0.15, 0.2) is 30.3 Å². The normalized spacial score (nSPS) is 10.6. The molecule has 1 heterocycles. The molecule has 0 aliphatic carbocycles. The number of nitrogens with zero attached hydrogens (tertiary/aromatic N) is 2. The van der Waals surface area contributed by atoms with Crippen LogP contribution in [0, 0.1) is 11.8 Å². The zero-order valence-electron chi connectivity index (χ0n) is 10.7. The first-order valence-corrected chi connectivity index (χ1v) is 5.84. The van der Waals surface area contributed by atoms with Crippen molar-refractivity contribution in [2.45, 2.75) is 13.5 Å². The highest BCUT2D eigenvalue weighted by Gasteiger charge is 2.06. The SMILES string of the molecule is CC#CCN(C)Cc1cc2ccccc2n1C. The zero-order valence-corrected chi connectivity index (χ0v) is 10.7. The van der Waals surface area contributed by atoms with Gasteiger partial charge in [-0.3, -0.25) is 4.90 Å². The fraction of sp³-hybridized carbons (Fsp3) is 0.333. The number of hydrogen-bond donors (Lipinski definition) is 0. The molecule has 1 aromatic heterocycles. The van der Waals surface area contributed by atoms with Gasteiger partial charge in [0.1, 0.15) is 0 Å². The second-order valence-corrected chi connectivity index (χ2v) is 4.35. The number of aryl methyl sites for hydroxylation is 1. The number of rotatable bonds is 3. The van der Waals surface area contributed by atoms with Gasteiger partial charge >= 0.3 is 0 Å². The van der Waals surface area contributed by atoms with Gasteiger partial charge in [0.2, 0.25) is 0 Å². The van der Waals surface area contributed by atoms with E-state index < -0.39 is 0 Å². The van der Waals surface area contributed by atoms with Crippen LogP contribution >= 0.6 is 0 Å². The van der Waals surface area contributed by atoms with Gasteiger partial charge in [-0.2, -0.15) is 0 Å². The van der Waals surface area contributed by atoms with Crippen LogP contribution in [0.4, 0.5) is 0 Å². The van der Waals surface area contributed by atoms with E-state index in [1.807, 2.05) is 6.92 Å². The predicted octanol–water partition coefficient (Wildman–Crippen LogP) is 2.63. The summed E-state index contributed by atoms with van der Waals surface area (Å²) in [6.45, 7) is 3.63. The van der Waals surface area contributed by atoms with Crippen molar-refractivity contribution in [1.29, 1.82) is 0 Å². The lowest BCUT2D eigenvalue weighted by Gasteiger charge is -2.13. The van der Waals surface area contributed by atoms with E-state index in [9.17, 15) is 0 Å². The Labute approximate surface area is 103 Å². The molecule has 0 saturated heterocycles. The van der Waals surface area contributed by atoms with Crippen molar-refractivity contribution in [2.75, 3.05) is 13.6 Å². The molecule has 0 bridgehead atoms. The molecule has 0 aliphatic heterocycles. The Balaban J connectivity index is 2.23. The molecule has 0 atom stereocenters. The van der Waals surface area contributed by atoms with Crippen LogP contribution < -0.4 is 0 Å². The van der Waals surface area contributed by atoms with Crippen LogP contribution in [0.3, 0.4) is 0 Å². The average molecular weight is 226 g/mol. The van der Waals surface area contributed by atoms with E-state index in [0.29, 0.717) is 0 Å². The second kappa shape index (κ2) is 5.07. The minimum Gasteiger partial charge on any atom is -0.346 e. The van der Waals surface area contributed by atoms with E-state index in [1.165, 1.54) is 16.6 Å². The van der Waals surface area contributed by atoms with Crippen LogP contribution in [-0.2, 0) is 13.6 Å². The Morgan fingerprint density at radius 2 is 2.06 bits per heavy atom. The number of fused-ring (bicyclic) bond motifs is 1. The van der Waals surface area contributed by atoms with Gasteiger partial charge in [-0.1, -0.05) is 24.1 Å². The van der Waals surface area contributed by atoms with Gasteiger partial charge in [-0.15, -0.1) is 5.92 Å². The molecule has 2 rings (SSSR count). The summed E-state index contributed by atoms with van der Waals surface area (Å²) in [6.07, 6.45) is 0. The Hall–Kier alpha value is -1.72. The summed E-state index contributed by atoms with van der Waals surface area (Å²) < 4.78 is 2.26. The van der Waals surface area contributed by atoms with Gasteiger partial charge in [0.05, 0.1) is 6.54 Å². The molecule has 1 aromatic carbocycles. The lowest BCUT2D eigenvalue weighted by atomic mass is 10.2. The van der Waals surface area contributed by atoms with Crippen LogP contribution in [0.25, 0.3) is 10.9 Å². The standard InChI is InChI=1S/C15H18N2/c1-4-5-10-16(2)12-14-11-13-8-6-7-9-15(13)17(14)3/h6-9,11H,10,12H2,1-3H3. The van der Waals surface area contributed by atoms with Gasteiger partial charge in [0.25, 0.3) is 0 Å². The zero-order chi connectivity index (χ0) is 12.3. The van der Waals surface area contributed by atoms with E-state index in [2.05, 4.69) is 65.7 Å². The topological polar surface area (TPSA) is 8.17 Å². The minimum atomic E-state index is 0.817. The van der Waals surface area contributed by atoms with Crippen LogP contribution in [-0.4, -0.2) is 23.1 Å². The fourth-order valence-corrected chi connectivity index (χ4v) is 2.04. The van der Waals surface area contributed by atoms with E-state index in [0.717, 1.165) is 13.1 Å². The molecule has 2 nitrogen and oxygen atoms in total. The molecule has 2 aromatic rings. The Bertz CT molecular complexity index is 569. The van der Waals surface area contributed by atoms with Gasteiger partial charge in [0, 0.05) is 24.8 Å². The van der Waals surface area contributed by atoms with Crippen LogP contribution in [0.1, 0.15) is 12.6 Å². The Kier molecular flexibility index (Phi) is 3.51. The van der Waals surface area contributed by atoms with Crippen LogP contribution in [0.2, 0.25) is 0 Å². The first-order valence-electron chi connectivity index (χ1n) is 5.84. The van der Waals surface area contributed by atoms with E-state index in [-0.39, 0.29) is 0 Å². The summed E-state index contributed by atoms with van der Waals surface area (Å²) in [5.41, 5.74) is 2.61. The van der Waals surface area contributed by atoms with E-state index in [1.54, 1.807) is 0 Å². The fourth-order valence-electron chi connectivity index (χ4n) is 2.04. The maximum Gasteiger partial charge on any atom is 0.0602 e. The molecular weight excluding hydrogens is 208 g/mol. The molecule has 88 valence electrons. The number of hydrogen-bond acceptors (Lipinski definition) is 1. The first-order chi connectivity index (χ1) is 8.22.